The molecule has 1 aromatic carbocycles. The van der Waals surface area contributed by atoms with Crippen LogP contribution in [-0.4, -0.2) is 36.6 Å². The minimum Gasteiger partial charge on any atom is -0.310 e. The average molecular weight is 278 g/mol. The van der Waals surface area contributed by atoms with Gasteiger partial charge in [-0.05, 0) is 56.5 Å². The Hall–Kier alpha value is -0.930. The van der Waals surface area contributed by atoms with E-state index in [0.717, 1.165) is 19.6 Å². The summed E-state index contributed by atoms with van der Waals surface area (Å²) in [5.74, 6) is 0.462. The van der Waals surface area contributed by atoms with Gasteiger partial charge in [-0.3, -0.25) is 0 Å². The number of hydrogen-bond acceptors (Lipinski definition) is 2. The van der Waals surface area contributed by atoms with Gasteiger partial charge in [0.1, 0.15) is 5.82 Å². The number of hydrogen-bond donors (Lipinski definition) is 1. The highest BCUT2D eigenvalue weighted by Crippen LogP contribution is 2.37. The minimum absolute atomic E-state index is 0.143. The summed E-state index contributed by atoms with van der Waals surface area (Å²) in [4.78, 5) is 2.45. The van der Waals surface area contributed by atoms with Crippen molar-refractivity contribution in [2.24, 2.45) is 0 Å². The molecular formula is C17H27FN2. The highest BCUT2D eigenvalue weighted by atomic mass is 19.1. The van der Waals surface area contributed by atoms with Gasteiger partial charge in [0.25, 0.3) is 0 Å². The first-order valence-corrected chi connectivity index (χ1v) is 7.86. The van der Waals surface area contributed by atoms with E-state index in [9.17, 15) is 4.39 Å². The lowest BCUT2D eigenvalue weighted by molar-refractivity contribution is 0.221. The molecule has 1 fully saturated rings. The van der Waals surface area contributed by atoms with Crippen molar-refractivity contribution >= 4 is 0 Å². The minimum atomic E-state index is -0.143. The molecule has 0 aromatic heterocycles. The van der Waals surface area contributed by atoms with Gasteiger partial charge in [-0.25, -0.2) is 4.39 Å². The van der Waals surface area contributed by atoms with Crippen LogP contribution in [0.4, 0.5) is 4.39 Å². The van der Waals surface area contributed by atoms with E-state index >= 15 is 0 Å². The topological polar surface area (TPSA) is 15.3 Å². The Kier molecular flexibility index (Phi) is 5.55. The second-order valence-electron chi connectivity index (χ2n) is 5.97. The van der Waals surface area contributed by atoms with Gasteiger partial charge in [-0.1, -0.05) is 26.0 Å². The molecule has 2 rings (SSSR count). The average Bonchev–Trinajstić information content (AvgIpc) is 2.41. The maximum absolute atomic E-state index is 12.9. The Morgan fingerprint density at radius 1 is 1.20 bits per heavy atom. The largest absolute Gasteiger partial charge is 0.310 e. The third-order valence-corrected chi connectivity index (χ3v) is 4.43. The van der Waals surface area contributed by atoms with Crippen molar-refractivity contribution in [2.75, 3.05) is 19.6 Å². The summed E-state index contributed by atoms with van der Waals surface area (Å²) in [5.41, 5.74) is 1.28. The normalized spacial score (nSPS) is 23.6. The lowest BCUT2D eigenvalue weighted by atomic mass is 9.75. The lowest BCUT2D eigenvalue weighted by Crippen LogP contribution is -2.48. The number of likely N-dealkylation sites (N-methyl/N-ethyl adjacent to an activating group) is 1. The highest BCUT2D eigenvalue weighted by molar-refractivity contribution is 5.23. The molecule has 1 aliphatic rings. The Bertz CT molecular complexity index is 394. The van der Waals surface area contributed by atoms with Gasteiger partial charge in [-0.15, -0.1) is 0 Å². The second kappa shape index (κ2) is 7.19. The van der Waals surface area contributed by atoms with Crippen LogP contribution in [0.5, 0.6) is 0 Å². The zero-order chi connectivity index (χ0) is 14.5. The number of benzene rings is 1. The van der Waals surface area contributed by atoms with Gasteiger partial charge in [-0.2, -0.15) is 0 Å². The number of rotatable bonds is 7. The van der Waals surface area contributed by atoms with Crippen LogP contribution in [-0.2, 0) is 0 Å². The molecule has 1 N–H and O–H groups in total. The molecule has 1 aliphatic carbocycles. The van der Waals surface area contributed by atoms with Crippen molar-refractivity contribution in [1.29, 1.82) is 0 Å². The predicted molar refractivity (Wildman–Crippen MR) is 82.5 cm³/mol. The molecule has 2 nitrogen and oxygen atoms in total. The van der Waals surface area contributed by atoms with Crippen molar-refractivity contribution < 1.29 is 4.39 Å². The van der Waals surface area contributed by atoms with E-state index in [2.05, 4.69) is 31.0 Å². The van der Waals surface area contributed by atoms with Gasteiger partial charge in [0, 0.05) is 18.6 Å². The quantitative estimate of drug-likeness (QED) is 0.822. The van der Waals surface area contributed by atoms with E-state index in [1.54, 1.807) is 12.1 Å². The Labute approximate surface area is 122 Å². The van der Waals surface area contributed by atoms with Crippen LogP contribution in [0.15, 0.2) is 24.3 Å². The summed E-state index contributed by atoms with van der Waals surface area (Å²) < 4.78 is 12.9. The van der Waals surface area contributed by atoms with Crippen LogP contribution in [0.25, 0.3) is 0 Å². The van der Waals surface area contributed by atoms with Crippen molar-refractivity contribution in [1.82, 2.24) is 10.2 Å². The van der Waals surface area contributed by atoms with Gasteiger partial charge in [0.2, 0.25) is 0 Å². The van der Waals surface area contributed by atoms with Crippen molar-refractivity contribution in [2.45, 2.75) is 51.6 Å². The summed E-state index contributed by atoms with van der Waals surface area (Å²) in [7, 11) is 0. The SMILES string of the molecule is CCN(CC)CC(C)NC1CC(c2ccc(F)cc2)C1. The van der Waals surface area contributed by atoms with E-state index in [0.29, 0.717) is 18.0 Å². The maximum atomic E-state index is 12.9. The molecule has 1 saturated carbocycles. The van der Waals surface area contributed by atoms with Crippen LogP contribution >= 0.6 is 0 Å². The molecule has 0 amide bonds. The smallest absolute Gasteiger partial charge is 0.123 e. The first kappa shape index (κ1) is 15.5. The van der Waals surface area contributed by atoms with Crippen LogP contribution in [0, 0.1) is 5.82 Å². The molecule has 1 aromatic rings. The van der Waals surface area contributed by atoms with Crippen molar-refractivity contribution in [3.05, 3.63) is 35.6 Å². The molecule has 0 saturated heterocycles. The maximum Gasteiger partial charge on any atom is 0.123 e. The molecule has 20 heavy (non-hydrogen) atoms. The number of nitrogens with zero attached hydrogens (tertiary/aromatic N) is 1. The molecule has 0 heterocycles. The third-order valence-electron chi connectivity index (χ3n) is 4.43. The standard InChI is InChI=1S/C17H27FN2/c1-4-20(5-2)12-13(3)19-17-10-15(11-17)14-6-8-16(18)9-7-14/h6-9,13,15,17,19H,4-5,10-12H2,1-3H3. The molecule has 0 radical (unpaired) electrons. The van der Waals surface area contributed by atoms with E-state index < -0.39 is 0 Å². The summed E-state index contributed by atoms with van der Waals surface area (Å²) in [6.07, 6.45) is 2.35. The molecule has 0 aliphatic heterocycles. The summed E-state index contributed by atoms with van der Waals surface area (Å²) >= 11 is 0. The zero-order valence-electron chi connectivity index (χ0n) is 12.9. The first-order chi connectivity index (χ1) is 9.62. The van der Waals surface area contributed by atoms with Gasteiger partial charge in [0.05, 0.1) is 0 Å². The lowest BCUT2D eigenvalue weighted by Gasteiger charge is -2.39. The molecule has 3 heteroatoms. The van der Waals surface area contributed by atoms with Crippen molar-refractivity contribution in [3.63, 3.8) is 0 Å². The molecular weight excluding hydrogens is 251 g/mol. The summed E-state index contributed by atoms with van der Waals surface area (Å²) in [6.45, 7) is 10.0. The second-order valence-corrected chi connectivity index (χ2v) is 5.97. The molecule has 112 valence electrons. The van der Waals surface area contributed by atoms with Crippen molar-refractivity contribution in [3.8, 4) is 0 Å². The molecule has 1 atom stereocenters. The van der Waals surface area contributed by atoms with Crippen LogP contribution < -0.4 is 5.32 Å². The number of halogens is 1. The highest BCUT2D eigenvalue weighted by Gasteiger charge is 2.30. The van der Waals surface area contributed by atoms with Crippen LogP contribution in [0.2, 0.25) is 0 Å². The van der Waals surface area contributed by atoms with Gasteiger partial charge < -0.3 is 10.2 Å². The molecule has 0 bridgehead atoms. The van der Waals surface area contributed by atoms with Gasteiger partial charge >= 0.3 is 0 Å². The van der Waals surface area contributed by atoms with Crippen LogP contribution in [0.1, 0.15) is 45.1 Å². The first-order valence-electron chi connectivity index (χ1n) is 7.86. The zero-order valence-corrected chi connectivity index (χ0v) is 12.9. The monoisotopic (exact) mass is 278 g/mol. The Morgan fingerprint density at radius 2 is 1.80 bits per heavy atom. The molecule has 0 spiro atoms. The van der Waals surface area contributed by atoms with E-state index in [1.807, 2.05) is 12.1 Å². The fourth-order valence-electron chi connectivity index (χ4n) is 3.09. The fourth-order valence-corrected chi connectivity index (χ4v) is 3.09. The van der Waals surface area contributed by atoms with Gasteiger partial charge in [0.15, 0.2) is 0 Å². The third kappa shape index (κ3) is 4.03. The predicted octanol–water partition coefficient (Wildman–Crippen LogP) is 3.39. The Morgan fingerprint density at radius 3 is 2.35 bits per heavy atom. The summed E-state index contributed by atoms with van der Waals surface area (Å²) in [6, 6.07) is 8.15. The Balaban J connectivity index is 1.72. The molecule has 1 unspecified atom stereocenters. The van der Waals surface area contributed by atoms with E-state index in [-0.39, 0.29) is 5.82 Å². The number of nitrogens with one attached hydrogen (secondary N) is 1. The fraction of sp³-hybridized carbons (Fsp3) is 0.647. The van der Waals surface area contributed by atoms with E-state index in [1.165, 1.54) is 18.4 Å². The summed E-state index contributed by atoms with van der Waals surface area (Å²) in [5, 5.41) is 3.71. The van der Waals surface area contributed by atoms with E-state index in [4.69, 9.17) is 0 Å². The van der Waals surface area contributed by atoms with Crippen LogP contribution in [0.3, 0.4) is 0 Å².